The molecule has 4 rings (SSSR count). The Bertz CT molecular complexity index is 1210. The summed E-state index contributed by atoms with van der Waals surface area (Å²) in [6.07, 6.45) is 6.55. The first-order valence-electron chi connectivity index (χ1n) is 13.4. The zero-order valence-corrected chi connectivity index (χ0v) is 22.7. The highest BCUT2D eigenvalue weighted by Gasteiger charge is 2.20. The molecule has 0 spiro atoms. The summed E-state index contributed by atoms with van der Waals surface area (Å²) >= 11 is 1.41. The number of piperazine rings is 1. The van der Waals surface area contributed by atoms with Gasteiger partial charge in [-0.1, -0.05) is 50.5 Å². The molecule has 2 heterocycles. The lowest BCUT2D eigenvalue weighted by Gasteiger charge is -2.33. The van der Waals surface area contributed by atoms with Gasteiger partial charge in [-0.25, -0.2) is 9.37 Å². The van der Waals surface area contributed by atoms with Gasteiger partial charge in [0.15, 0.2) is 0 Å². The van der Waals surface area contributed by atoms with E-state index in [2.05, 4.69) is 41.2 Å². The smallest absolute Gasteiger partial charge is 0.344 e. The topological polar surface area (TPSA) is 88.2 Å². The second kappa shape index (κ2) is 14.6. The Morgan fingerprint density at radius 1 is 1.00 bits per heavy atom. The first kappa shape index (κ1) is 27.7. The van der Waals surface area contributed by atoms with Crippen LogP contribution in [0.3, 0.4) is 0 Å². The van der Waals surface area contributed by atoms with Gasteiger partial charge in [-0.15, -0.1) is 0 Å². The van der Waals surface area contributed by atoms with E-state index in [9.17, 15) is 9.18 Å². The number of aromatic nitrogens is 2. The van der Waals surface area contributed by atoms with Gasteiger partial charge in [0.2, 0.25) is 15.2 Å². The van der Waals surface area contributed by atoms with Crippen LogP contribution in [0.2, 0.25) is 0 Å². The van der Waals surface area contributed by atoms with E-state index in [0.29, 0.717) is 18.5 Å². The molecule has 38 heavy (non-hydrogen) atoms. The molecule has 1 aliphatic rings. The van der Waals surface area contributed by atoms with Crippen molar-refractivity contribution in [2.45, 2.75) is 45.4 Å². The average Bonchev–Trinajstić information content (AvgIpc) is 3.41. The number of aryl methyl sites for hydroxylation is 1. The molecule has 10 heteroatoms. The number of carbonyl (C=O) groups excluding carboxylic acids is 1. The third-order valence-corrected chi connectivity index (χ3v) is 7.43. The van der Waals surface area contributed by atoms with Gasteiger partial charge in [0.05, 0.1) is 0 Å². The van der Waals surface area contributed by atoms with Crippen LogP contribution < -0.4 is 9.81 Å². The summed E-state index contributed by atoms with van der Waals surface area (Å²) in [5.74, 6) is 0.156. The highest BCUT2D eigenvalue weighted by molar-refractivity contribution is 7.09. The van der Waals surface area contributed by atoms with Crippen molar-refractivity contribution in [3.63, 3.8) is 0 Å². The number of halogens is 1. The van der Waals surface area contributed by atoms with Crippen LogP contribution in [-0.4, -0.2) is 59.4 Å². The van der Waals surface area contributed by atoms with Crippen molar-refractivity contribution in [2.75, 3.05) is 44.2 Å². The number of rotatable bonds is 12. The van der Waals surface area contributed by atoms with E-state index < -0.39 is 0 Å². The highest BCUT2D eigenvalue weighted by atomic mass is 32.1. The van der Waals surface area contributed by atoms with Crippen LogP contribution in [0.4, 0.5) is 9.52 Å². The lowest BCUT2D eigenvalue weighted by molar-refractivity contribution is 0.0992. The fraction of sp³-hybridized carbons (Fsp3) is 0.464. The molecule has 8 nitrogen and oxygen atoms in total. The molecule has 0 radical (unpaired) electrons. The lowest BCUT2D eigenvalue weighted by atomic mass is 10.0. The summed E-state index contributed by atoms with van der Waals surface area (Å²) in [5, 5.41) is 8.73. The predicted molar refractivity (Wildman–Crippen MR) is 148 cm³/mol. The summed E-state index contributed by atoms with van der Waals surface area (Å²) in [5.41, 5.74) is 2.78. The van der Waals surface area contributed by atoms with E-state index in [1.807, 2.05) is 24.3 Å². The number of anilines is 1. The summed E-state index contributed by atoms with van der Waals surface area (Å²) in [4.78, 5) is 25.2. The van der Waals surface area contributed by atoms with Crippen molar-refractivity contribution in [1.82, 2.24) is 19.2 Å². The number of carbonyl (C=O) groups is 1. The molecule has 1 fully saturated rings. The minimum absolute atomic E-state index is 0.239. The largest absolute Gasteiger partial charge is 0.360 e. The molecule has 1 aliphatic heterocycles. The van der Waals surface area contributed by atoms with Crippen molar-refractivity contribution in [3.05, 3.63) is 76.9 Å². The van der Waals surface area contributed by atoms with E-state index in [4.69, 9.17) is 0 Å². The molecule has 3 aromatic rings. The maximum atomic E-state index is 13.1. The first-order valence-corrected chi connectivity index (χ1v) is 14.1. The van der Waals surface area contributed by atoms with Crippen LogP contribution in [0.25, 0.3) is 0 Å². The molecular weight excluding hydrogens is 501 g/mol. The minimum atomic E-state index is -0.365. The average molecular weight is 537 g/mol. The van der Waals surface area contributed by atoms with E-state index in [-0.39, 0.29) is 11.7 Å². The molecule has 2 aromatic carbocycles. The molecule has 0 saturated carbocycles. The molecule has 0 atom stereocenters. The summed E-state index contributed by atoms with van der Waals surface area (Å²) in [7, 11) is 0. The Morgan fingerprint density at radius 2 is 1.74 bits per heavy atom. The number of unbranched alkanes of at least 4 members (excludes halogenated alkanes) is 3. The molecule has 0 N–H and O–H groups in total. The zero-order valence-electron chi connectivity index (χ0n) is 21.9. The molecule has 1 aromatic heterocycles. The fourth-order valence-electron chi connectivity index (χ4n) is 4.32. The van der Waals surface area contributed by atoms with Crippen molar-refractivity contribution in [2.24, 2.45) is 10.2 Å². The van der Waals surface area contributed by atoms with Gasteiger partial charge in [0.25, 0.3) is 0 Å². The predicted octanol–water partition coefficient (Wildman–Crippen LogP) is 5.32. The number of nitrogens with zero attached hydrogens (tertiary/aromatic N) is 7. The van der Waals surface area contributed by atoms with E-state index in [0.717, 1.165) is 55.7 Å². The Labute approximate surface area is 227 Å². The summed E-state index contributed by atoms with van der Waals surface area (Å²) in [6, 6.07) is 14.1. The van der Waals surface area contributed by atoms with Crippen LogP contribution in [0.15, 0.2) is 58.8 Å². The second-order valence-electron chi connectivity index (χ2n) is 9.49. The molecule has 1 saturated heterocycles. The van der Waals surface area contributed by atoms with Gasteiger partial charge in [0, 0.05) is 56.2 Å². The van der Waals surface area contributed by atoms with Crippen molar-refractivity contribution in [3.8, 4) is 0 Å². The third kappa shape index (κ3) is 8.62. The van der Waals surface area contributed by atoms with Crippen LogP contribution in [0, 0.1) is 5.82 Å². The van der Waals surface area contributed by atoms with Crippen molar-refractivity contribution in [1.29, 1.82) is 0 Å². The Hall–Kier alpha value is -3.33. The van der Waals surface area contributed by atoms with Gasteiger partial charge in [-0.3, -0.25) is 9.69 Å². The number of benzene rings is 2. The van der Waals surface area contributed by atoms with Crippen LogP contribution >= 0.6 is 11.5 Å². The van der Waals surface area contributed by atoms with Crippen LogP contribution in [0.1, 0.15) is 59.9 Å². The van der Waals surface area contributed by atoms with Gasteiger partial charge in [-0.2, -0.15) is 4.37 Å². The number of hydrogen-bond donors (Lipinski definition) is 0. The Kier molecular flexibility index (Phi) is 10.6. The maximum Gasteiger partial charge on any atom is 0.360 e. The van der Waals surface area contributed by atoms with Crippen LogP contribution in [-0.2, 0) is 12.8 Å². The monoisotopic (exact) mass is 536 g/mol. The van der Waals surface area contributed by atoms with Crippen molar-refractivity contribution >= 4 is 22.6 Å². The summed E-state index contributed by atoms with van der Waals surface area (Å²) in [6.45, 7) is 6.97. The second-order valence-corrected chi connectivity index (χ2v) is 10.2. The normalized spacial score (nSPS) is 13.8. The Morgan fingerprint density at radius 3 is 2.47 bits per heavy atom. The lowest BCUT2D eigenvalue weighted by Crippen LogP contribution is -2.47. The van der Waals surface area contributed by atoms with Gasteiger partial charge < -0.3 is 4.90 Å². The van der Waals surface area contributed by atoms with Gasteiger partial charge in [0.1, 0.15) is 23.3 Å². The molecule has 0 aliphatic carbocycles. The van der Waals surface area contributed by atoms with Crippen molar-refractivity contribution < 1.29 is 9.18 Å². The van der Waals surface area contributed by atoms with E-state index in [1.165, 1.54) is 54.9 Å². The molecule has 200 valence electrons. The van der Waals surface area contributed by atoms with Gasteiger partial charge in [-0.05, 0) is 48.2 Å². The molecular formula is C28H35FN7OS+. The summed E-state index contributed by atoms with van der Waals surface area (Å²) < 4.78 is 17.6. The van der Waals surface area contributed by atoms with E-state index >= 15 is 0 Å². The molecule has 0 unspecified atom stereocenters. The quantitative estimate of drug-likeness (QED) is 0.177. The number of hydrogen-bond acceptors (Lipinski definition) is 7. The standard InChI is InChI=1S/C28H35FN7OS/c1-2-3-4-5-6-22-7-11-24(12-8-22)27(37)32-34-30-15-16-35-17-19-36(20-18-35)28-31-26(33-38-28)21-23-9-13-25(29)14-10-23/h7-14H,2-6,15-21H2,1H3/q+1. The maximum absolute atomic E-state index is 13.1. The zero-order chi connectivity index (χ0) is 26.6. The van der Waals surface area contributed by atoms with E-state index in [1.54, 1.807) is 12.1 Å². The minimum Gasteiger partial charge on any atom is -0.344 e. The molecule has 1 amide bonds. The van der Waals surface area contributed by atoms with Crippen LogP contribution in [0.5, 0.6) is 0 Å². The molecule has 0 bridgehead atoms. The fourth-order valence-corrected chi connectivity index (χ4v) is 5.06. The Balaban J connectivity index is 1.15. The SMILES string of the molecule is CCCCCCc1ccc(C(=O)N=[N+]=NCCN2CCN(c3nc(Cc4ccc(F)cc4)ns3)CC2)cc1. The third-order valence-electron chi connectivity index (χ3n) is 6.61. The highest BCUT2D eigenvalue weighted by Crippen LogP contribution is 2.20. The van der Waals surface area contributed by atoms with Gasteiger partial charge >= 0.3 is 5.91 Å². The first-order chi connectivity index (χ1) is 18.6. The number of amides is 1.